The highest BCUT2D eigenvalue weighted by atomic mass is 14.8. The maximum atomic E-state index is 4.63. The summed E-state index contributed by atoms with van der Waals surface area (Å²) in [6.07, 6.45) is 22.8. The lowest BCUT2D eigenvalue weighted by molar-refractivity contribution is 0.483. The van der Waals surface area contributed by atoms with Gasteiger partial charge in [-0.2, -0.15) is 0 Å². The van der Waals surface area contributed by atoms with Crippen molar-refractivity contribution >= 4 is 6.21 Å². The van der Waals surface area contributed by atoms with Crippen molar-refractivity contribution in [1.29, 1.82) is 0 Å². The van der Waals surface area contributed by atoms with Crippen molar-refractivity contribution in [2.75, 3.05) is 0 Å². The van der Waals surface area contributed by atoms with Gasteiger partial charge in [-0.25, -0.2) is 0 Å². The molecule has 0 bridgehead atoms. The van der Waals surface area contributed by atoms with Crippen LogP contribution in [0.15, 0.2) is 65.2 Å². The van der Waals surface area contributed by atoms with E-state index < -0.39 is 0 Å². The van der Waals surface area contributed by atoms with E-state index in [-0.39, 0.29) is 0 Å². The Morgan fingerprint density at radius 1 is 1.00 bits per heavy atom. The highest BCUT2D eigenvalue weighted by Crippen LogP contribution is 2.34. The summed E-state index contributed by atoms with van der Waals surface area (Å²) in [7, 11) is 0. The van der Waals surface area contributed by atoms with E-state index in [4.69, 9.17) is 0 Å². The number of rotatable bonds is 0. The molecule has 0 saturated carbocycles. The van der Waals surface area contributed by atoms with Gasteiger partial charge < -0.3 is 0 Å². The first-order valence-electron chi connectivity index (χ1n) is 5.87. The van der Waals surface area contributed by atoms with E-state index in [2.05, 4.69) is 59.7 Å². The van der Waals surface area contributed by atoms with Gasteiger partial charge in [0.15, 0.2) is 0 Å². The first-order valence-corrected chi connectivity index (χ1v) is 5.87. The van der Waals surface area contributed by atoms with E-state index in [9.17, 15) is 0 Å². The summed E-state index contributed by atoms with van der Waals surface area (Å²) in [5.41, 5.74) is 1.43. The van der Waals surface area contributed by atoms with Gasteiger partial charge in [0.2, 0.25) is 0 Å². The number of nitrogens with zero attached hydrogens (tertiary/aromatic N) is 1. The van der Waals surface area contributed by atoms with Crippen LogP contribution >= 0.6 is 0 Å². The van der Waals surface area contributed by atoms with Crippen molar-refractivity contribution in [2.45, 2.75) is 12.5 Å². The second kappa shape index (κ2) is 4.09. The van der Waals surface area contributed by atoms with Crippen molar-refractivity contribution in [1.82, 2.24) is 0 Å². The smallest absolute Gasteiger partial charge is 0.0750 e. The molecule has 1 heteroatoms. The van der Waals surface area contributed by atoms with Crippen molar-refractivity contribution in [3.63, 3.8) is 0 Å². The fourth-order valence-electron chi connectivity index (χ4n) is 2.59. The van der Waals surface area contributed by atoms with Gasteiger partial charge in [-0.1, -0.05) is 54.7 Å². The van der Waals surface area contributed by atoms with Gasteiger partial charge >= 0.3 is 0 Å². The molecule has 1 heterocycles. The van der Waals surface area contributed by atoms with Gasteiger partial charge in [0.25, 0.3) is 0 Å². The summed E-state index contributed by atoms with van der Waals surface area (Å²) in [6.45, 7) is 0. The standard InChI is InChI=1S/C15H15N/c1-2-8-13-12(6-1)7-5-11-16-15-10-4-3-9-14(13)15/h1-4,6-11,13-15H,5H2. The zero-order valence-electron chi connectivity index (χ0n) is 9.16. The zero-order valence-corrected chi connectivity index (χ0v) is 9.16. The molecule has 1 nitrogen and oxygen atoms in total. The van der Waals surface area contributed by atoms with Gasteiger partial charge in [0.05, 0.1) is 6.04 Å². The highest BCUT2D eigenvalue weighted by Gasteiger charge is 2.28. The lowest BCUT2D eigenvalue weighted by Gasteiger charge is -2.30. The highest BCUT2D eigenvalue weighted by molar-refractivity contribution is 5.61. The summed E-state index contributed by atoms with van der Waals surface area (Å²) in [4.78, 5) is 4.63. The first-order chi connectivity index (χ1) is 7.95. The maximum Gasteiger partial charge on any atom is 0.0750 e. The molecule has 0 aromatic rings. The summed E-state index contributed by atoms with van der Waals surface area (Å²) in [5, 5.41) is 0. The molecule has 3 rings (SSSR count). The SMILES string of the molecule is C1=CC2=CCC=NC3C=CC=CC3C2C=C1. The molecule has 0 radical (unpaired) electrons. The monoisotopic (exact) mass is 209 g/mol. The van der Waals surface area contributed by atoms with Crippen LogP contribution in [0.25, 0.3) is 0 Å². The molecule has 0 spiro atoms. The van der Waals surface area contributed by atoms with E-state index >= 15 is 0 Å². The van der Waals surface area contributed by atoms with Crippen LogP contribution in [0.1, 0.15) is 6.42 Å². The summed E-state index contributed by atoms with van der Waals surface area (Å²) in [5.74, 6) is 0.975. The zero-order chi connectivity index (χ0) is 10.8. The summed E-state index contributed by atoms with van der Waals surface area (Å²) < 4.78 is 0. The third-order valence-corrected chi connectivity index (χ3v) is 3.40. The average Bonchev–Trinajstić information content (AvgIpc) is 2.33. The molecule has 2 aliphatic carbocycles. The van der Waals surface area contributed by atoms with Gasteiger partial charge in [0.1, 0.15) is 0 Å². The molecule has 0 fully saturated rings. The Labute approximate surface area is 96.3 Å². The quantitative estimate of drug-likeness (QED) is 0.580. The van der Waals surface area contributed by atoms with E-state index in [0.29, 0.717) is 17.9 Å². The normalized spacial score (nSPS) is 35.0. The van der Waals surface area contributed by atoms with Gasteiger partial charge in [-0.15, -0.1) is 0 Å². The Morgan fingerprint density at radius 2 is 1.88 bits per heavy atom. The molecule has 3 aliphatic rings. The third-order valence-electron chi connectivity index (χ3n) is 3.40. The number of aliphatic imine (C=N–C) groups is 1. The fraction of sp³-hybridized carbons (Fsp3) is 0.267. The predicted octanol–water partition coefficient (Wildman–Crippen LogP) is 3.24. The molecule has 16 heavy (non-hydrogen) atoms. The van der Waals surface area contributed by atoms with Gasteiger partial charge in [0, 0.05) is 24.5 Å². The topological polar surface area (TPSA) is 12.4 Å². The Morgan fingerprint density at radius 3 is 2.88 bits per heavy atom. The second-order valence-corrected chi connectivity index (χ2v) is 4.38. The van der Waals surface area contributed by atoms with Crippen molar-refractivity contribution in [2.24, 2.45) is 16.8 Å². The molecule has 0 amide bonds. The second-order valence-electron chi connectivity index (χ2n) is 4.38. The lowest BCUT2D eigenvalue weighted by atomic mass is 9.77. The summed E-state index contributed by atoms with van der Waals surface area (Å²) >= 11 is 0. The molecule has 3 unspecified atom stereocenters. The van der Waals surface area contributed by atoms with Crippen LogP contribution in [0, 0.1) is 11.8 Å². The Kier molecular flexibility index (Phi) is 2.45. The van der Waals surface area contributed by atoms with Crippen molar-refractivity contribution in [3.05, 3.63) is 60.3 Å². The molecule has 80 valence electrons. The van der Waals surface area contributed by atoms with Gasteiger partial charge in [-0.05, 0) is 5.57 Å². The fourth-order valence-corrected chi connectivity index (χ4v) is 2.59. The number of allylic oxidation sites excluding steroid dienone is 8. The van der Waals surface area contributed by atoms with Crippen molar-refractivity contribution in [3.8, 4) is 0 Å². The van der Waals surface area contributed by atoms with Gasteiger partial charge in [-0.3, -0.25) is 4.99 Å². The van der Waals surface area contributed by atoms with Crippen LogP contribution in [0.5, 0.6) is 0 Å². The minimum atomic E-state index is 0.315. The molecule has 3 atom stereocenters. The molecule has 1 aliphatic heterocycles. The van der Waals surface area contributed by atoms with Crippen LogP contribution in [-0.2, 0) is 0 Å². The van der Waals surface area contributed by atoms with E-state index in [0.717, 1.165) is 6.42 Å². The van der Waals surface area contributed by atoms with Crippen LogP contribution in [-0.4, -0.2) is 12.3 Å². The van der Waals surface area contributed by atoms with E-state index in [1.165, 1.54) is 5.57 Å². The van der Waals surface area contributed by atoms with E-state index in [1.54, 1.807) is 0 Å². The van der Waals surface area contributed by atoms with Crippen LogP contribution in [0.2, 0.25) is 0 Å². The Hall–Kier alpha value is -1.63. The Balaban J connectivity index is 2.01. The van der Waals surface area contributed by atoms with Crippen molar-refractivity contribution < 1.29 is 0 Å². The predicted molar refractivity (Wildman–Crippen MR) is 68.5 cm³/mol. The minimum Gasteiger partial charge on any atom is -0.289 e. The lowest BCUT2D eigenvalue weighted by Crippen LogP contribution is -2.26. The maximum absolute atomic E-state index is 4.63. The molecule has 0 aromatic heterocycles. The number of hydrogen-bond acceptors (Lipinski definition) is 1. The third kappa shape index (κ3) is 1.63. The average molecular weight is 209 g/mol. The minimum absolute atomic E-state index is 0.315. The first kappa shape index (κ1) is 9.59. The Bertz CT molecular complexity index is 446. The van der Waals surface area contributed by atoms with Crippen LogP contribution < -0.4 is 0 Å². The van der Waals surface area contributed by atoms with Crippen LogP contribution in [0.4, 0.5) is 0 Å². The molecule has 0 aromatic carbocycles. The summed E-state index contributed by atoms with van der Waals surface area (Å²) in [6, 6.07) is 0.315. The number of fused-ring (bicyclic) bond motifs is 3. The number of hydrogen-bond donors (Lipinski definition) is 0. The molecular weight excluding hydrogens is 194 g/mol. The van der Waals surface area contributed by atoms with Crippen LogP contribution in [0.3, 0.4) is 0 Å². The molecule has 0 N–H and O–H groups in total. The van der Waals surface area contributed by atoms with E-state index in [1.807, 2.05) is 6.21 Å². The molecular formula is C15H15N. The largest absolute Gasteiger partial charge is 0.289 e. The molecule has 0 saturated heterocycles.